The van der Waals surface area contributed by atoms with Crippen molar-refractivity contribution in [3.05, 3.63) is 29.6 Å². The van der Waals surface area contributed by atoms with E-state index in [1.54, 1.807) is 6.92 Å². The van der Waals surface area contributed by atoms with E-state index in [4.69, 9.17) is 9.47 Å². The van der Waals surface area contributed by atoms with Crippen molar-refractivity contribution in [1.29, 1.82) is 0 Å². The molecule has 0 amide bonds. The molecule has 1 aromatic rings. The average Bonchev–Trinajstić information content (AvgIpc) is 2.29. The van der Waals surface area contributed by atoms with Gasteiger partial charge in [0.1, 0.15) is 18.2 Å². The van der Waals surface area contributed by atoms with Crippen molar-refractivity contribution < 1.29 is 19.0 Å². The maximum absolute atomic E-state index is 13.0. The van der Waals surface area contributed by atoms with Gasteiger partial charge in [-0.1, -0.05) is 13.8 Å². The van der Waals surface area contributed by atoms with Crippen LogP contribution in [0.4, 0.5) is 4.39 Å². The van der Waals surface area contributed by atoms with Gasteiger partial charge in [0.2, 0.25) is 0 Å². The second-order valence-electron chi connectivity index (χ2n) is 4.68. The van der Waals surface area contributed by atoms with Crippen molar-refractivity contribution in [1.82, 2.24) is 0 Å². The molecule has 0 bridgehead atoms. The van der Waals surface area contributed by atoms with Gasteiger partial charge in [-0.3, -0.25) is 0 Å². The van der Waals surface area contributed by atoms with E-state index in [1.807, 2.05) is 0 Å². The zero-order chi connectivity index (χ0) is 13.5. The molecule has 0 aliphatic rings. The van der Waals surface area contributed by atoms with Gasteiger partial charge in [-0.05, 0) is 31.0 Å². The Balaban J connectivity index is 2.46. The summed E-state index contributed by atoms with van der Waals surface area (Å²) >= 11 is 0. The highest BCUT2D eigenvalue weighted by molar-refractivity contribution is 5.35. The molecule has 0 saturated heterocycles. The first-order valence-corrected chi connectivity index (χ1v) is 6.18. The fraction of sp³-hybridized carbons (Fsp3) is 0.571. The molecule has 4 heteroatoms. The Morgan fingerprint density at radius 3 is 2.56 bits per heavy atom. The van der Waals surface area contributed by atoms with Crippen LogP contribution in [0.25, 0.3) is 0 Å². The molecule has 0 spiro atoms. The van der Waals surface area contributed by atoms with Gasteiger partial charge in [0.15, 0.2) is 0 Å². The van der Waals surface area contributed by atoms with E-state index in [1.165, 1.54) is 18.2 Å². The second-order valence-corrected chi connectivity index (χ2v) is 4.68. The molecule has 1 rings (SSSR count). The number of benzene rings is 1. The molecule has 3 nitrogen and oxygen atoms in total. The molecule has 0 heterocycles. The number of halogens is 1. The van der Waals surface area contributed by atoms with Gasteiger partial charge in [-0.2, -0.15) is 0 Å². The molecule has 1 atom stereocenters. The quantitative estimate of drug-likeness (QED) is 0.762. The van der Waals surface area contributed by atoms with Gasteiger partial charge in [0.25, 0.3) is 0 Å². The largest absolute Gasteiger partial charge is 0.491 e. The summed E-state index contributed by atoms with van der Waals surface area (Å²) < 4.78 is 23.9. The molecule has 0 aliphatic heterocycles. The average molecular weight is 256 g/mol. The number of ether oxygens (including phenoxy) is 2. The summed E-state index contributed by atoms with van der Waals surface area (Å²) in [4.78, 5) is 0. The fourth-order valence-electron chi connectivity index (χ4n) is 1.51. The highest BCUT2D eigenvalue weighted by Crippen LogP contribution is 2.25. The Bertz CT molecular complexity index is 364. The maximum Gasteiger partial charge on any atom is 0.125 e. The molecular weight excluding hydrogens is 235 g/mol. The number of rotatable bonds is 7. The third kappa shape index (κ3) is 5.02. The first kappa shape index (κ1) is 14.9. The van der Waals surface area contributed by atoms with Gasteiger partial charge in [0, 0.05) is 12.2 Å². The Kier molecular flexibility index (Phi) is 6.09. The molecule has 1 aromatic carbocycles. The van der Waals surface area contributed by atoms with Crippen molar-refractivity contribution in [2.45, 2.75) is 26.9 Å². The van der Waals surface area contributed by atoms with Crippen molar-refractivity contribution in [3.8, 4) is 5.75 Å². The van der Waals surface area contributed by atoms with Gasteiger partial charge < -0.3 is 14.6 Å². The number of hydrogen-bond acceptors (Lipinski definition) is 3. The summed E-state index contributed by atoms with van der Waals surface area (Å²) in [6.45, 7) is 7.29. The first-order chi connectivity index (χ1) is 8.50. The Hall–Kier alpha value is -1.13. The van der Waals surface area contributed by atoms with Crippen molar-refractivity contribution >= 4 is 0 Å². The van der Waals surface area contributed by atoms with Crippen LogP contribution in [0, 0.1) is 11.7 Å². The molecule has 18 heavy (non-hydrogen) atoms. The van der Waals surface area contributed by atoms with Crippen molar-refractivity contribution in [2.24, 2.45) is 5.92 Å². The molecule has 0 saturated carbocycles. The zero-order valence-electron chi connectivity index (χ0n) is 11.1. The summed E-state index contributed by atoms with van der Waals surface area (Å²) in [6.07, 6.45) is -0.757. The highest BCUT2D eigenvalue weighted by Gasteiger charge is 2.10. The fourth-order valence-corrected chi connectivity index (χ4v) is 1.51. The normalized spacial score (nSPS) is 12.8. The molecule has 102 valence electrons. The topological polar surface area (TPSA) is 38.7 Å². The van der Waals surface area contributed by atoms with E-state index >= 15 is 0 Å². The monoisotopic (exact) mass is 256 g/mol. The van der Waals surface area contributed by atoms with E-state index in [2.05, 4.69) is 13.8 Å². The summed E-state index contributed by atoms with van der Waals surface area (Å²) in [5.74, 6) is 0.609. The lowest BCUT2D eigenvalue weighted by molar-refractivity contribution is 0.0805. The third-order valence-corrected chi connectivity index (χ3v) is 2.36. The molecule has 0 unspecified atom stereocenters. The van der Waals surface area contributed by atoms with Crippen LogP contribution in [0.2, 0.25) is 0 Å². The van der Waals surface area contributed by atoms with E-state index in [9.17, 15) is 9.50 Å². The van der Waals surface area contributed by atoms with Crippen LogP contribution in [0.3, 0.4) is 0 Å². The first-order valence-electron chi connectivity index (χ1n) is 6.18. The summed E-state index contributed by atoms with van der Waals surface area (Å²) in [5.41, 5.74) is 0.457. The summed E-state index contributed by atoms with van der Waals surface area (Å²) in [6, 6.07) is 4.13. The smallest absolute Gasteiger partial charge is 0.125 e. The Morgan fingerprint density at radius 1 is 1.22 bits per heavy atom. The van der Waals surface area contributed by atoms with Crippen LogP contribution in [0.1, 0.15) is 32.4 Å². The summed E-state index contributed by atoms with van der Waals surface area (Å²) in [5, 5.41) is 9.53. The predicted molar refractivity (Wildman–Crippen MR) is 68.2 cm³/mol. The van der Waals surface area contributed by atoms with E-state index < -0.39 is 6.10 Å². The van der Waals surface area contributed by atoms with Crippen LogP contribution in [-0.4, -0.2) is 24.9 Å². The summed E-state index contributed by atoms with van der Waals surface area (Å²) in [7, 11) is 0. The van der Waals surface area contributed by atoms with Gasteiger partial charge in [0.05, 0.1) is 12.7 Å². The van der Waals surface area contributed by atoms with Crippen LogP contribution in [0.15, 0.2) is 18.2 Å². The standard InChI is InChI=1S/C14H21FO3/c1-10(2)9-17-6-7-18-14-5-4-12(15)8-13(14)11(3)16/h4-5,8,10-11,16H,6-7,9H2,1-3H3/t11-/m1/s1. The lowest BCUT2D eigenvalue weighted by atomic mass is 10.1. The lowest BCUT2D eigenvalue weighted by Crippen LogP contribution is -2.11. The Morgan fingerprint density at radius 2 is 1.94 bits per heavy atom. The van der Waals surface area contributed by atoms with E-state index in [0.717, 1.165) is 0 Å². The minimum atomic E-state index is -0.757. The van der Waals surface area contributed by atoms with Crippen LogP contribution >= 0.6 is 0 Å². The molecule has 0 aliphatic carbocycles. The maximum atomic E-state index is 13.0. The van der Waals surface area contributed by atoms with Crippen LogP contribution < -0.4 is 4.74 Å². The van der Waals surface area contributed by atoms with Gasteiger partial charge >= 0.3 is 0 Å². The molecule has 0 fully saturated rings. The van der Waals surface area contributed by atoms with Crippen molar-refractivity contribution in [3.63, 3.8) is 0 Å². The lowest BCUT2D eigenvalue weighted by Gasteiger charge is -2.14. The van der Waals surface area contributed by atoms with E-state index in [-0.39, 0.29) is 5.82 Å². The number of aliphatic hydroxyl groups is 1. The third-order valence-electron chi connectivity index (χ3n) is 2.36. The molecule has 1 N–H and O–H groups in total. The molecule has 0 radical (unpaired) electrons. The second kappa shape index (κ2) is 7.34. The Labute approximate surface area is 108 Å². The molecule has 0 aromatic heterocycles. The predicted octanol–water partition coefficient (Wildman–Crippen LogP) is 2.93. The van der Waals surface area contributed by atoms with Crippen LogP contribution in [0.5, 0.6) is 5.75 Å². The zero-order valence-corrected chi connectivity index (χ0v) is 11.1. The van der Waals surface area contributed by atoms with E-state index in [0.29, 0.717) is 37.1 Å². The van der Waals surface area contributed by atoms with Crippen molar-refractivity contribution in [2.75, 3.05) is 19.8 Å². The number of aliphatic hydroxyl groups excluding tert-OH is 1. The van der Waals surface area contributed by atoms with Gasteiger partial charge in [-0.15, -0.1) is 0 Å². The number of hydrogen-bond donors (Lipinski definition) is 1. The van der Waals surface area contributed by atoms with Crippen LogP contribution in [-0.2, 0) is 4.74 Å². The minimum absolute atomic E-state index is 0.380. The highest BCUT2D eigenvalue weighted by atomic mass is 19.1. The SMILES string of the molecule is CC(C)COCCOc1ccc(F)cc1[C@@H](C)O. The van der Waals surface area contributed by atoms with Gasteiger partial charge in [-0.25, -0.2) is 4.39 Å². The molecular formula is C14H21FO3. The minimum Gasteiger partial charge on any atom is -0.491 e.